The third kappa shape index (κ3) is 3.00. The highest BCUT2D eigenvalue weighted by Gasteiger charge is 2.57. The van der Waals surface area contributed by atoms with E-state index in [1.807, 2.05) is 0 Å². The molecule has 0 unspecified atom stereocenters. The van der Waals surface area contributed by atoms with E-state index in [1.54, 1.807) is 0 Å². The van der Waals surface area contributed by atoms with Crippen LogP contribution in [0.2, 0.25) is 0 Å². The summed E-state index contributed by atoms with van der Waals surface area (Å²) < 4.78 is 15.6. The molecule has 4 aliphatic carbocycles. The van der Waals surface area contributed by atoms with E-state index >= 15 is 0 Å². The second-order valence-electron chi connectivity index (χ2n) is 7.37. The van der Waals surface area contributed by atoms with Crippen LogP contribution >= 0.6 is 0 Å². The first-order chi connectivity index (χ1) is 10.5. The van der Waals surface area contributed by atoms with Gasteiger partial charge in [0.2, 0.25) is 0 Å². The van der Waals surface area contributed by atoms with Gasteiger partial charge in [0.15, 0.2) is 6.61 Å². The molecule has 124 valence electrons. The van der Waals surface area contributed by atoms with Gasteiger partial charge in [-0.1, -0.05) is 0 Å². The van der Waals surface area contributed by atoms with Crippen molar-refractivity contribution in [3.8, 4) is 0 Å². The summed E-state index contributed by atoms with van der Waals surface area (Å²) in [5.74, 6) is 1.80. The molecule has 4 bridgehead atoms. The Morgan fingerprint density at radius 2 is 1.59 bits per heavy atom. The molecule has 0 aromatic carbocycles. The number of rotatable bonds is 6. The zero-order chi connectivity index (χ0) is 15.7. The molecule has 0 aliphatic heterocycles. The van der Waals surface area contributed by atoms with Gasteiger partial charge in [-0.2, -0.15) is 0 Å². The number of hydrogen-bond acceptors (Lipinski definition) is 5. The Hall–Kier alpha value is -1.10. The Morgan fingerprint density at radius 1 is 1.00 bits per heavy atom. The van der Waals surface area contributed by atoms with E-state index in [2.05, 4.69) is 6.92 Å². The normalized spacial score (nSPS) is 38.8. The first-order valence-corrected chi connectivity index (χ1v) is 8.37. The number of carbonyl (C=O) groups excluding carboxylic acids is 2. The van der Waals surface area contributed by atoms with Gasteiger partial charge in [-0.05, 0) is 62.7 Å². The van der Waals surface area contributed by atoms with E-state index in [1.165, 1.54) is 39.2 Å². The van der Waals surface area contributed by atoms with Crippen molar-refractivity contribution >= 4 is 11.9 Å². The summed E-state index contributed by atoms with van der Waals surface area (Å²) in [6, 6.07) is 0. The Bertz CT molecular complexity index is 416. The van der Waals surface area contributed by atoms with Crippen molar-refractivity contribution in [2.45, 2.75) is 51.0 Å². The Morgan fingerprint density at radius 3 is 2.14 bits per heavy atom. The first-order valence-electron chi connectivity index (χ1n) is 8.37. The minimum absolute atomic E-state index is 0.162. The highest BCUT2D eigenvalue weighted by molar-refractivity contribution is 5.76. The lowest BCUT2D eigenvalue weighted by atomic mass is 9.50. The second kappa shape index (κ2) is 6.19. The average Bonchev–Trinajstić information content (AvgIpc) is 2.48. The van der Waals surface area contributed by atoms with Gasteiger partial charge in [0.05, 0.1) is 13.0 Å². The molecule has 4 saturated carbocycles. The average molecular weight is 310 g/mol. The third-order valence-electron chi connectivity index (χ3n) is 5.95. The minimum Gasteiger partial charge on any atom is -0.456 e. The molecule has 0 radical (unpaired) electrons. The van der Waals surface area contributed by atoms with Crippen LogP contribution in [0, 0.1) is 23.7 Å². The number of esters is 2. The fraction of sp³-hybridized carbons (Fsp3) is 0.882. The van der Waals surface area contributed by atoms with Crippen molar-refractivity contribution in [1.29, 1.82) is 0 Å². The van der Waals surface area contributed by atoms with Gasteiger partial charge >= 0.3 is 11.9 Å². The van der Waals surface area contributed by atoms with Crippen LogP contribution in [0.4, 0.5) is 0 Å². The van der Waals surface area contributed by atoms with Crippen molar-refractivity contribution in [2.75, 3.05) is 20.3 Å². The highest BCUT2D eigenvalue weighted by atomic mass is 16.6. The van der Waals surface area contributed by atoms with Crippen molar-refractivity contribution < 1.29 is 23.8 Å². The third-order valence-corrected chi connectivity index (χ3v) is 5.95. The molecular weight excluding hydrogens is 284 g/mol. The van der Waals surface area contributed by atoms with Crippen molar-refractivity contribution in [2.24, 2.45) is 23.7 Å². The summed E-state index contributed by atoms with van der Waals surface area (Å²) in [4.78, 5) is 23.5. The Balaban J connectivity index is 1.51. The van der Waals surface area contributed by atoms with Gasteiger partial charge in [0.1, 0.15) is 5.60 Å². The number of methoxy groups -OCH3 is 1. The molecule has 0 heterocycles. The zero-order valence-electron chi connectivity index (χ0n) is 13.5. The van der Waals surface area contributed by atoms with Crippen LogP contribution in [-0.4, -0.2) is 37.9 Å². The lowest BCUT2D eigenvalue weighted by Gasteiger charge is -2.59. The van der Waals surface area contributed by atoms with E-state index in [-0.39, 0.29) is 18.6 Å². The van der Waals surface area contributed by atoms with Crippen LogP contribution in [0.5, 0.6) is 0 Å². The van der Waals surface area contributed by atoms with Crippen LogP contribution in [0.15, 0.2) is 0 Å². The second-order valence-corrected chi connectivity index (χ2v) is 7.37. The molecule has 0 spiro atoms. The molecule has 4 rings (SSSR count). The molecule has 4 aliphatic rings. The molecule has 0 atom stereocenters. The standard InChI is InChI=1S/C17H26O5/c1-17(22-16(19)10-21-15(18)3-4-20-2)13-6-11-5-12(8-13)9-14(17)7-11/h11-14H,3-10H2,1-2H3. The van der Waals surface area contributed by atoms with Crippen LogP contribution in [0.3, 0.4) is 0 Å². The first kappa shape index (κ1) is 15.8. The monoisotopic (exact) mass is 310 g/mol. The summed E-state index contributed by atoms with van der Waals surface area (Å²) in [5, 5.41) is 0. The van der Waals surface area contributed by atoms with E-state index in [9.17, 15) is 9.59 Å². The quantitative estimate of drug-likeness (QED) is 0.705. The van der Waals surface area contributed by atoms with E-state index in [0.29, 0.717) is 18.4 Å². The topological polar surface area (TPSA) is 61.8 Å². The lowest BCUT2D eigenvalue weighted by Crippen LogP contribution is -2.58. The Labute approximate surface area is 131 Å². The predicted molar refractivity (Wildman–Crippen MR) is 79.0 cm³/mol. The molecular formula is C17H26O5. The van der Waals surface area contributed by atoms with Crippen LogP contribution < -0.4 is 0 Å². The summed E-state index contributed by atoms with van der Waals surface area (Å²) in [6.07, 6.45) is 6.27. The largest absolute Gasteiger partial charge is 0.456 e. The summed E-state index contributed by atoms with van der Waals surface area (Å²) in [5.41, 5.74) is -0.358. The Kier molecular flexibility index (Phi) is 4.44. The van der Waals surface area contributed by atoms with Crippen LogP contribution in [-0.2, 0) is 23.8 Å². The smallest absolute Gasteiger partial charge is 0.344 e. The SMILES string of the molecule is COCCC(=O)OCC(=O)OC1(C)C2CC3CC(C2)CC1C3. The summed E-state index contributed by atoms with van der Waals surface area (Å²) >= 11 is 0. The molecule has 0 N–H and O–H groups in total. The number of hydrogen-bond donors (Lipinski definition) is 0. The van der Waals surface area contributed by atoms with Crippen molar-refractivity contribution in [1.82, 2.24) is 0 Å². The van der Waals surface area contributed by atoms with Gasteiger partial charge in [-0.3, -0.25) is 4.79 Å². The van der Waals surface area contributed by atoms with Gasteiger partial charge < -0.3 is 14.2 Å². The molecule has 5 nitrogen and oxygen atoms in total. The molecule has 4 fully saturated rings. The molecule has 0 saturated heterocycles. The van der Waals surface area contributed by atoms with Crippen molar-refractivity contribution in [3.05, 3.63) is 0 Å². The summed E-state index contributed by atoms with van der Waals surface area (Å²) in [7, 11) is 1.52. The molecule has 0 amide bonds. The number of carbonyl (C=O) groups is 2. The van der Waals surface area contributed by atoms with E-state index in [0.717, 1.165) is 11.8 Å². The highest BCUT2D eigenvalue weighted by Crippen LogP contribution is 2.59. The van der Waals surface area contributed by atoms with Crippen molar-refractivity contribution in [3.63, 3.8) is 0 Å². The van der Waals surface area contributed by atoms with Crippen LogP contribution in [0.1, 0.15) is 45.4 Å². The molecule has 0 aromatic rings. The molecule has 0 aromatic heterocycles. The maximum Gasteiger partial charge on any atom is 0.344 e. The summed E-state index contributed by atoms with van der Waals surface area (Å²) in [6.45, 7) is 2.10. The van der Waals surface area contributed by atoms with E-state index in [4.69, 9.17) is 14.2 Å². The maximum atomic E-state index is 12.1. The lowest BCUT2D eigenvalue weighted by molar-refractivity contribution is -0.207. The fourth-order valence-electron chi connectivity index (χ4n) is 4.96. The van der Waals surface area contributed by atoms with Gasteiger partial charge in [-0.25, -0.2) is 4.79 Å². The van der Waals surface area contributed by atoms with Gasteiger partial charge in [0, 0.05) is 7.11 Å². The van der Waals surface area contributed by atoms with Gasteiger partial charge in [-0.15, -0.1) is 0 Å². The zero-order valence-corrected chi connectivity index (χ0v) is 13.5. The molecule has 5 heteroatoms. The van der Waals surface area contributed by atoms with Crippen LogP contribution in [0.25, 0.3) is 0 Å². The fourth-order valence-corrected chi connectivity index (χ4v) is 4.96. The minimum atomic E-state index is -0.422. The van der Waals surface area contributed by atoms with Gasteiger partial charge in [0.25, 0.3) is 0 Å². The molecule has 22 heavy (non-hydrogen) atoms. The predicted octanol–water partition coefficient (Wildman–Crippen LogP) is 2.32. The number of ether oxygens (including phenoxy) is 3. The van der Waals surface area contributed by atoms with E-state index < -0.39 is 11.9 Å². The maximum absolute atomic E-state index is 12.1.